The summed E-state index contributed by atoms with van der Waals surface area (Å²) < 4.78 is 2.47. The minimum atomic E-state index is -0.897. The molecule has 0 saturated heterocycles. The molecule has 0 unspecified atom stereocenters. The highest BCUT2D eigenvalue weighted by Crippen LogP contribution is 2.41. The van der Waals surface area contributed by atoms with Crippen molar-refractivity contribution in [3.05, 3.63) is 252 Å². The van der Waals surface area contributed by atoms with Crippen LogP contribution in [0.15, 0.2) is 219 Å². The Morgan fingerprint density at radius 2 is 0.750 bits per heavy atom. The highest BCUT2D eigenvalue weighted by molar-refractivity contribution is 7.79. The van der Waals surface area contributed by atoms with Crippen LogP contribution in [0.1, 0.15) is 33.4 Å². The van der Waals surface area contributed by atoms with Crippen molar-refractivity contribution in [2.75, 3.05) is 0 Å². The molecule has 0 saturated carbocycles. The van der Waals surface area contributed by atoms with Gasteiger partial charge in [-0.1, -0.05) is 200 Å². The van der Waals surface area contributed by atoms with E-state index in [9.17, 15) is 0 Å². The van der Waals surface area contributed by atoms with E-state index in [0.29, 0.717) is 0 Å². The molecule has 1 heterocycles. The number of hydrogen-bond donors (Lipinski definition) is 0. The molecule has 248 valence electrons. The van der Waals surface area contributed by atoms with Crippen molar-refractivity contribution in [3.8, 4) is 5.69 Å². The molecule has 0 N–H and O–H groups in total. The van der Waals surface area contributed by atoms with E-state index < -0.39 is 7.92 Å². The van der Waals surface area contributed by atoms with Gasteiger partial charge in [-0.15, -0.1) is 0 Å². The molecule has 0 fully saturated rings. The lowest BCUT2D eigenvalue weighted by Gasteiger charge is -2.26. The van der Waals surface area contributed by atoms with E-state index in [0.717, 1.165) is 27.9 Å². The van der Waals surface area contributed by atoms with E-state index in [1.807, 2.05) is 0 Å². The van der Waals surface area contributed by atoms with E-state index >= 15 is 0 Å². The zero-order valence-electron chi connectivity index (χ0n) is 28.8. The summed E-state index contributed by atoms with van der Waals surface area (Å²) in [6, 6.07) is 76.2. The van der Waals surface area contributed by atoms with Gasteiger partial charge in [0.2, 0.25) is 0 Å². The Morgan fingerprint density at radius 3 is 1.17 bits per heavy atom. The van der Waals surface area contributed by atoms with Gasteiger partial charge >= 0.3 is 0 Å². The van der Waals surface area contributed by atoms with Crippen LogP contribution in [-0.4, -0.2) is 4.57 Å². The second kappa shape index (κ2) is 15.7. The molecule has 8 rings (SSSR count). The summed E-state index contributed by atoms with van der Waals surface area (Å²) in [6.45, 7) is 0. The van der Waals surface area contributed by atoms with Gasteiger partial charge in [-0.05, 0) is 68.3 Å². The third-order valence-corrected chi connectivity index (χ3v) is 11.7. The molecule has 0 aliphatic rings. The first-order chi connectivity index (χ1) is 25.8. The third kappa shape index (κ3) is 7.14. The monoisotopic (exact) mass is 683 g/mol. The first-order valence-electron chi connectivity index (χ1n) is 17.7. The Bertz CT molecular complexity index is 2260. The molecule has 0 atom stereocenters. The normalized spacial score (nSPS) is 11.9. The fourth-order valence-corrected chi connectivity index (χ4v) is 9.23. The molecule has 7 aromatic carbocycles. The lowest BCUT2D eigenvalue weighted by molar-refractivity contribution is 1.10. The summed E-state index contributed by atoms with van der Waals surface area (Å²) in [7, 11) is -0.897. The number of rotatable bonds is 10. The van der Waals surface area contributed by atoms with Crippen LogP contribution >= 0.6 is 7.92 Å². The van der Waals surface area contributed by atoms with Crippen molar-refractivity contribution in [2.24, 2.45) is 0 Å². The van der Waals surface area contributed by atoms with Crippen LogP contribution in [0.25, 0.3) is 29.0 Å². The van der Waals surface area contributed by atoms with Crippen molar-refractivity contribution in [1.29, 1.82) is 0 Å². The summed E-state index contributed by atoms with van der Waals surface area (Å²) in [5.41, 5.74) is 11.7. The lowest BCUT2D eigenvalue weighted by atomic mass is 9.88. The van der Waals surface area contributed by atoms with Gasteiger partial charge in [0.15, 0.2) is 0 Å². The molecular weight excluding hydrogens is 646 g/mol. The molecule has 0 spiro atoms. The van der Waals surface area contributed by atoms with Gasteiger partial charge in [-0.3, -0.25) is 0 Å². The molecule has 0 aliphatic heterocycles. The molecule has 8 aromatic rings. The second-order valence-electron chi connectivity index (χ2n) is 12.6. The van der Waals surface area contributed by atoms with Gasteiger partial charge in [0.1, 0.15) is 0 Å². The third-order valence-electron chi connectivity index (χ3n) is 9.23. The second-order valence-corrected chi connectivity index (χ2v) is 14.8. The van der Waals surface area contributed by atoms with E-state index in [2.05, 4.69) is 235 Å². The molecule has 0 radical (unpaired) electrons. The minimum Gasteiger partial charge on any atom is -0.315 e. The predicted molar refractivity (Wildman–Crippen MR) is 224 cm³/mol. The van der Waals surface area contributed by atoms with E-state index in [-0.39, 0.29) is 0 Å². The average Bonchev–Trinajstić information content (AvgIpc) is 3.70. The maximum atomic E-state index is 2.47. The summed E-state index contributed by atoms with van der Waals surface area (Å²) in [5.74, 6) is 0. The van der Waals surface area contributed by atoms with Crippen LogP contribution in [-0.2, 0) is 0 Å². The molecule has 0 aliphatic carbocycles. The van der Waals surface area contributed by atoms with Crippen LogP contribution in [0, 0.1) is 0 Å². The molecule has 1 nitrogen and oxygen atoms in total. The first-order valence-corrected chi connectivity index (χ1v) is 19.0. The van der Waals surface area contributed by atoms with E-state index in [4.69, 9.17) is 0 Å². The summed E-state index contributed by atoms with van der Waals surface area (Å²) >= 11 is 0. The number of aromatic nitrogens is 1. The Morgan fingerprint density at radius 1 is 0.365 bits per heavy atom. The number of para-hydroxylation sites is 1. The maximum Gasteiger partial charge on any atom is 0.0613 e. The topological polar surface area (TPSA) is 4.93 Å². The number of nitrogens with zero attached hydrogens (tertiary/aromatic N) is 1. The molecule has 2 heteroatoms. The zero-order valence-corrected chi connectivity index (χ0v) is 29.7. The molecule has 0 amide bonds. The van der Waals surface area contributed by atoms with Crippen molar-refractivity contribution in [1.82, 2.24) is 4.57 Å². The van der Waals surface area contributed by atoms with Gasteiger partial charge in [-0.25, -0.2) is 0 Å². The van der Waals surface area contributed by atoms with Gasteiger partial charge in [0.25, 0.3) is 0 Å². The van der Waals surface area contributed by atoms with Crippen molar-refractivity contribution < 1.29 is 0 Å². The molecule has 52 heavy (non-hydrogen) atoms. The van der Waals surface area contributed by atoms with Gasteiger partial charge in [-0.2, -0.15) is 0 Å². The SMILES string of the molecule is C(=C(/c1ccccc1)c1cccc(/C(=C/c2ccccc2)c2ccccc2)c1-n1cccc1P(c1ccccc1)c1ccccc1)/c1ccccc1. The van der Waals surface area contributed by atoms with Gasteiger partial charge < -0.3 is 4.57 Å². The van der Waals surface area contributed by atoms with Crippen LogP contribution in [0.2, 0.25) is 0 Å². The van der Waals surface area contributed by atoms with Crippen LogP contribution in [0.3, 0.4) is 0 Å². The fourth-order valence-electron chi connectivity index (χ4n) is 6.85. The smallest absolute Gasteiger partial charge is 0.0613 e. The zero-order chi connectivity index (χ0) is 35.0. The quantitative estimate of drug-likeness (QED) is 0.0999. The van der Waals surface area contributed by atoms with E-state index in [1.54, 1.807) is 0 Å². The Labute approximate surface area is 308 Å². The summed E-state index contributed by atoms with van der Waals surface area (Å²) in [5, 5.41) is 2.63. The Kier molecular flexibility index (Phi) is 9.96. The van der Waals surface area contributed by atoms with Gasteiger partial charge in [0, 0.05) is 25.2 Å². The Hall–Kier alpha value is -6.27. The molecule has 0 bridgehead atoms. The van der Waals surface area contributed by atoms with Crippen LogP contribution in [0.4, 0.5) is 0 Å². The van der Waals surface area contributed by atoms with Crippen molar-refractivity contribution >= 4 is 47.3 Å². The number of benzene rings is 7. The highest BCUT2D eigenvalue weighted by atomic mass is 31.1. The summed E-state index contributed by atoms with van der Waals surface area (Å²) in [4.78, 5) is 0. The molecular formula is C50H38NP. The van der Waals surface area contributed by atoms with E-state index in [1.165, 1.54) is 38.3 Å². The minimum absolute atomic E-state index is 0.897. The van der Waals surface area contributed by atoms with Crippen molar-refractivity contribution in [2.45, 2.75) is 0 Å². The lowest BCUT2D eigenvalue weighted by Crippen LogP contribution is -2.26. The molecule has 1 aromatic heterocycles. The van der Waals surface area contributed by atoms with Crippen molar-refractivity contribution in [3.63, 3.8) is 0 Å². The maximum absolute atomic E-state index is 2.47. The largest absolute Gasteiger partial charge is 0.315 e. The number of hydrogen-bond acceptors (Lipinski definition) is 0. The first kappa shape index (κ1) is 32.9. The van der Waals surface area contributed by atoms with Gasteiger partial charge in [0.05, 0.1) is 11.1 Å². The Balaban J connectivity index is 1.47. The van der Waals surface area contributed by atoms with Crippen LogP contribution < -0.4 is 16.0 Å². The predicted octanol–water partition coefficient (Wildman–Crippen LogP) is 11.4. The average molecular weight is 684 g/mol. The fraction of sp³-hybridized carbons (Fsp3) is 0. The highest BCUT2D eigenvalue weighted by Gasteiger charge is 2.25. The summed E-state index contributed by atoms with van der Waals surface area (Å²) in [6.07, 6.45) is 6.93. The standard InChI is InChI=1S/C50H38NP/c1-7-21-39(22-8-1)37-47(41-25-11-3-12-26-41)45-33-19-34-46(48(42-27-13-4-14-28-42)38-40-23-9-2-10-24-40)50(45)51-36-20-35-49(51)52(43-29-15-5-16-30-43)44-31-17-6-18-32-44/h1-38H/b47-37+,48-38+. The van der Waals surface area contributed by atoms with Crippen LogP contribution in [0.5, 0.6) is 0 Å².